The van der Waals surface area contributed by atoms with Crippen LogP contribution < -0.4 is 4.74 Å². The second-order valence-corrected chi connectivity index (χ2v) is 7.07. The molecule has 2 amide bonds. The summed E-state index contributed by atoms with van der Waals surface area (Å²) in [5.74, 6) is -1.18. The van der Waals surface area contributed by atoms with Gasteiger partial charge in [-0.05, 0) is 61.3 Å². The van der Waals surface area contributed by atoms with Crippen LogP contribution in [0, 0.1) is 0 Å². The van der Waals surface area contributed by atoms with Crippen LogP contribution in [0.25, 0.3) is 6.08 Å². The SMILES string of the molecule is COC(=O)CN1C(=O)SC(=Cc2cc(OC)c(O)c(Br)c2Br)C1=O. The summed E-state index contributed by atoms with van der Waals surface area (Å²) in [7, 11) is 2.57. The van der Waals surface area contributed by atoms with E-state index in [9.17, 15) is 19.5 Å². The second-order valence-electron chi connectivity index (χ2n) is 4.49. The molecule has 0 atom stereocenters. The molecule has 0 bridgehead atoms. The lowest BCUT2D eigenvalue weighted by atomic mass is 10.2. The zero-order valence-electron chi connectivity index (χ0n) is 12.5. The first-order chi connectivity index (χ1) is 11.3. The highest BCUT2D eigenvalue weighted by atomic mass is 79.9. The van der Waals surface area contributed by atoms with E-state index in [-0.39, 0.29) is 16.4 Å². The highest BCUT2D eigenvalue weighted by molar-refractivity contribution is 9.13. The summed E-state index contributed by atoms with van der Waals surface area (Å²) < 4.78 is 10.4. The van der Waals surface area contributed by atoms with Crippen molar-refractivity contribution < 1.29 is 29.0 Å². The van der Waals surface area contributed by atoms with Gasteiger partial charge in [-0.15, -0.1) is 0 Å². The number of hydrogen-bond acceptors (Lipinski definition) is 7. The number of phenolic OH excluding ortho intramolecular Hbond substituents is 1. The van der Waals surface area contributed by atoms with Crippen molar-refractivity contribution in [2.75, 3.05) is 20.8 Å². The van der Waals surface area contributed by atoms with Gasteiger partial charge in [-0.1, -0.05) is 0 Å². The van der Waals surface area contributed by atoms with Crippen molar-refractivity contribution in [2.45, 2.75) is 0 Å². The number of benzene rings is 1. The van der Waals surface area contributed by atoms with Crippen LogP contribution in [0.1, 0.15) is 5.56 Å². The Balaban J connectivity index is 2.39. The van der Waals surface area contributed by atoms with Crippen molar-refractivity contribution in [1.29, 1.82) is 0 Å². The van der Waals surface area contributed by atoms with Crippen LogP contribution in [0.4, 0.5) is 4.79 Å². The van der Waals surface area contributed by atoms with E-state index in [1.807, 2.05) is 0 Å². The first-order valence-corrected chi connectivity index (χ1v) is 8.77. The molecule has 0 aromatic heterocycles. The quantitative estimate of drug-likeness (QED) is 0.522. The molecule has 0 radical (unpaired) electrons. The molecule has 1 aliphatic rings. The molecular formula is C14H11Br2NO6S. The largest absolute Gasteiger partial charge is 0.503 e. The van der Waals surface area contributed by atoms with E-state index < -0.39 is 23.7 Å². The van der Waals surface area contributed by atoms with Gasteiger partial charge in [0.1, 0.15) is 6.54 Å². The monoisotopic (exact) mass is 479 g/mol. The summed E-state index contributed by atoms with van der Waals surface area (Å²) in [4.78, 5) is 36.4. The van der Waals surface area contributed by atoms with Gasteiger partial charge in [0.05, 0.1) is 23.6 Å². The molecule has 24 heavy (non-hydrogen) atoms. The van der Waals surface area contributed by atoms with Crippen LogP contribution in [-0.2, 0) is 14.3 Å². The third kappa shape index (κ3) is 3.60. The fourth-order valence-corrected chi connectivity index (χ4v) is 3.51. The predicted molar refractivity (Wildman–Crippen MR) is 94.8 cm³/mol. The van der Waals surface area contributed by atoms with Crippen molar-refractivity contribution >= 4 is 66.8 Å². The van der Waals surface area contributed by atoms with Crippen LogP contribution in [0.15, 0.2) is 19.9 Å². The average Bonchev–Trinajstić information content (AvgIpc) is 2.82. The van der Waals surface area contributed by atoms with Gasteiger partial charge in [0.2, 0.25) is 0 Å². The van der Waals surface area contributed by atoms with Crippen molar-refractivity contribution in [3.05, 3.63) is 25.5 Å². The van der Waals surface area contributed by atoms with E-state index in [0.717, 1.165) is 4.90 Å². The highest BCUT2D eigenvalue weighted by Crippen LogP contribution is 2.43. The van der Waals surface area contributed by atoms with Crippen LogP contribution in [0.5, 0.6) is 11.5 Å². The van der Waals surface area contributed by atoms with Crippen LogP contribution in [-0.4, -0.2) is 47.9 Å². The molecule has 0 spiro atoms. The number of rotatable bonds is 4. The summed E-state index contributed by atoms with van der Waals surface area (Å²) >= 11 is 7.23. The average molecular weight is 481 g/mol. The van der Waals surface area contributed by atoms with E-state index in [2.05, 4.69) is 36.6 Å². The lowest BCUT2D eigenvalue weighted by molar-refractivity contribution is -0.143. The Hall–Kier alpha value is -1.52. The minimum absolute atomic E-state index is 0.0969. The molecule has 1 N–H and O–H groups in total. The maximum absolute atomic E-state index is 12.3. The van der Waals surface area contributed by atoms with Crippen molar-refractivity contribution in [2.24, 2.45) is 0 Å². The van der Waals surface area contributed by atoms with E-state index >= 15 is 0 Å². The third-order valence-corrected chi connectivity index (χ3v) is 6.13. The molecular weight excluding hydrogens is 470 g/mol. The second kappa shape index (κ2) is 7.58. The summed E-state index contributed by atoms with van der Waals surface area (Å²) in [6, 6.07) is 1.51. The fourth-order valence-electron chi connectivity index (χ4n) is 1.84. The van der Waals surface area contributed by atoms with E-state index in [1.54, 1.807) is 0 Å². The number of hydrogen-bond donors (Lipinski definition) is 1. The van der Waals surface area contributed by atoms with Crippen LogP contribution in [0.3, 0.4) is 0 Å². The Bertz CT molecular complexity index is 764. The molecule has 0 saturated carbocycles. The van der Waals surface area contributed by atoms with Crippen molar-refractivity contribution in [1.82, 2.24) is 4.90 Å². The number of amides is 2. The summed E-state index contributed by atoms with van der Waals surface area (Å²) in [5.41, 5.74) is 0.514. The molecule has 10 heteroatoms. The molecule has 0 unspecified atom stereocenters. The number of aromatic hydroxyl groups is 1. The standard InChI is InChI=1S/C14H11Br2NO6S/c1-22-7-3-6(10(15)11(16)12(7)19)4-8-13(20)17(14(21)24-8)5-9(18)23-2/h3-4,19H,5H2,1-2H3. The van der Waals surface area contributed by atoms with Gasteiger partial charge >= 0.3 is 5.97 Å². The Morgan fingerprint density at radius 1 is 1.33 bits per heavy atom. The Morgan fingerprint density at radius 3 is 2.58 bits per heavy atom. The Labute approximate surface area is 158 Å². The highest BCUT2D eigenvalue weighted by Gasteiger charge is 2.36. The number of methoxy groups -OCH3 is 2. The number of thioether (sulfide) groups is 1. The maximum Gasteiger partial charge on any atom is 0.325 e. The lowest BCUT2D eigenvalue weighted by Gasteiger charge is -2.11. The Morgan fingerprint density at radius 2 is 2.00 bits per heavy atom. The predicted octanol–water partition coefficient (Wildman–Crippen LogP) is 3.14. The number of imide groups is 1. The van der Waals surface area contributed by atoms with Crippen molar-refractivity contribution in [3.63, 3.8) is 0 Å². The fraction of sp³-hybridized carbons (Fsp3) is 0.214. The molecule has 1 fully saturated rings. The molecule has 1 aromatic carbocycles. The summed E-state index contributed by atoms with van der Waals surface area (Å²) in [6.45, 7) is -0.442. The lowest BCUT2D eigenvalue weighted by Crippen LogP contribution is -2.34. The molecule has 1 aromatic rings. The van der Waals surface area contributed by atoms with Gasteiger partial charge in [0, 0.05) is 4.47 Å². The number of carbonyl (C=O) groups is 3. The smallest absolute Gasteiger partial charge is 0.325 e. The Kier molecular flexibility index (Phi) is 5.94. The number of esters is 1. The minimum atomic E-state index is -0.686. The minimum Gasteiger partial charge on any atom is -0.503 e. The number of ether oxygens (including phenoxy) is 2. The van der Waals surface area contributed by atoms with Crippen LogP contribution >= 0.6 is 43.6 Å². The number of carbonyl (C=O) groups excluding carboxylic acids is 3. The third-order valence-electron chi connectivity index (χ3n) is 3.07. The summed E-state index contributed by atoms with van der Waals surface area (Å²) in [5, 5.41) is 9.36. The normalized spacial score (nSPS) is 16.0. The molecule has 1 heterocycles. The number of nitrogens with zero attached hydrogens (tertiary/aromatic N) is 1. The van der Waals surface area contributed by atoms with E-state index in [1.165, 1.54) is 26.4 Å². The molecule has 7 nitrogen and oxygen atoms in total. The zero-order valence-corrected chi connectivity index (χ0v) is 16.5. The van der Waals surface area contributed by atoms with Gasteiger partial charge < -0.3 is 14.6 Å². The molecule has 1 aliphatic heterocycles. The van der Waals surface area contributed by atoms with Gasteiger partial charge in [0.15, 0.2) is 11.5 Å². The van der Waals surface area contributed by atoms with E-state index in [0.29, 0.717) is 26.3 Å². The van der Waals surface area contributed by atoms with Gasteiger partial charge in [-0.25, -0.2) is 0 Å². The first kappa shape index (κ1) is 18.8. The molecule has 2 rings (SSSR count). The summed E-state index contributed by atoms with van der Waals surface area (Å²) in [6.07, 6.45) is 1.47. The van der Waals surface area contributed by atoms with Crippen LogP contribution in [0.2, 0.25) is 0 Å². The van der Waals surface area contributed by atoms with Gasteiger partial charge in [0.25, 0.3) is 11.1 Å². The first-order valence-electron chi connectivity index (χ1n) is 6.37. The van der Waals surface area contributed by atoms with Crippen molar-refractivity contribution in [3.8, 4) is 11.5 Å². The molecule has 1 saturated heterocycles. The van der Waals surface area contributed by atoms with E-state index in [4.69, 9.17) is 4.74 Å². The van der Waals surface area contributed by atoms with Gasteiger partial charge in [-0.2, -0.15) is 0 Å². The van der Waals surface area contributed by atoms with Gasteiger partial charge in [-0.3, -0.25) is 19.3 Å². The number of halogens is 2. The zero-order chi connectivity index (χ0) is 18.0. The topological polar surface area (TPSA) is 93.1 Å². The molecule has 128 valence electrons. The maximum atomic E-state index is 12.3. The molecule has 0 aliphatic carbocycles. The number of phenols is 1.